The SMILES string of the molecule is CC(C)COCCOC(=O)Cl. The Morgan fingerprint density at radius 3 is 2.55 bits per heavy atom. The molecule has 0 saturated heterocycles. The molecule has 0 aromatic heterocycles. The Balaban J connectivity index is 2.97. The largest absolute Gasteiger partial charge is 0.451 e. The number of halogens is 1. The third kappa shape index (κ3) is 9.72. The highest BCUT2D eigenvalue weighted by Gasteiger charge is 1.96. The van der Waals surface area contributed by atoms with Crippen molar-refractivity contribution in [1.82, 2.24) is 0 Å². The van der Waals surface area contributed by atoms with Crippen molar-refractivity contribution in [2.75, 3.05) is 19.8 Å². The second-order valence-corrected chi connectivity index (χ2v) is 2.86. The van der Waals surface area contributed by atoms with Crippen molar-refractivity contribution >= 4 is 17.0 Å². The Labute approximate surface area is 71.6 Å². The first-order valence-electron chi connectivity index (χ1n) is 3.53. The summed E-state index contributed by atoms with van der Waals surface area (Å²) in [5.41, 5.74) is -0.779. The quantitative estimate of drug-likeness (QED) is 0.480. The Kier molecular flexibility index (Phi) is 6.27. The molecule has 0 N–H and O–H groups in total. The lowest BCUT2D eigenvalue weighted by Crippen LogP contribution is -2.09. The van der Waals surface area contributed by atoms with Gasteiger partial charge in [-0.05, 0) is 5.92 Å². The Morgan fingerprint density at radius 1 is 1.45 bits per heavy atom. The summed E-state index contributed by atoms with van der Waals surface area (Å²) in [6.07, 6.45) is 0. The molecule has 0 amide bonds. The van der Waals surface area contributed by atoms with E-state index in [2.05, 4.69) is 4.74 Å². The first-order chi connectivity index (χ1) is 5.13. The van der Waals surface area contributed by atoms with Crippen molar-refractivity contribution in [2.45, 2.75) is 13.8 Å². The summed E-state index contributed by atoms with van der Waals surface area (Å²) < 4.78 is 9.53. The van der Waals surface area contributed by atoms with Gasteiger partial charge in [0.15, 0.2) is 0 Å². The molecule has 4 heteroatoms. The van der Waals surface area contributed by atoms with Crippen LogP contribution in [0.1, 0.15) is 13.8 Å². The maximum absolute atomic E-state index is 10.0. The van der Waals surface area contributed by atoms with Gasteiger partial charge in [-0.15, -0.1) is 0 Å². The van der Waals surface area contributed by atoms with Gasteiger partial charge in [0, 0.05) is 18.2 Å². The average Bonchev–Trinajstić information content (AvgIpc) is 1.85. The average molecular weight is 181 g/mol. The van der Waals surface area contributed by atoms with Crippen LogP contribution in [0.15, 0.2) is 0 Å². The molecule has 0 aliphatic carbocycles. The summed E-state index contributed by atoms with van der Waals surface area (Å²) in [6.45, 7) is 5.42. The number of carbonyl (C=O) groups excluding carboxylic acids is 1. The fraction of sp³-hybridized carbons (Fsp3) is 0.857. The van der Waals surface area contributed by atoms with Crippen molar-refractivity contribution < 1.29 is 14.3 Å². The maximum Gasteiger partial charge on any atom is 0.403 e. The van der Waals surface area contributed by atoms with Crippen molar-refractivity contribution in [1.29, 1.82) is 0 Å². The van der Waals surface area contributed by atoms with E-state index in [9.17, 15) is 4.79 Å². The molecule has 0 aliphatic heterocycles. The zero-order valence-electron chi connectivity index (χ0n) is 6.80. The molecule has 0 fully saturated rings. The molecule has 11 heavy (non-hydrogen) atoms. The maximum atomic E-state index is 10.0. The molecular weight excluding hydrogens is 168 g/mol. The molecule has 0 bridgehead atoms. The van der Waals surface area contributed by atoms with Crippen LogP contribution >= 0.6 is 11.6 Å². The summed E-state index contributed by atoms with van der Waals surface area (Å²) in [6, 6.07) is 0. The third-order valence-corrected chi connectivity index (χ3v) is 1.00. The highest BCUT2D eigenvalue weighted by molar-refractivity contribution is 6.61. The monoisotopic (exact) mass is 180 g/mol. The molecule has 0 saturated carbocycles. The van der Waals surface area contributed by atoms with E-state index in [1.807, 2.05) is 13.8 Å². The van der Waals surface area contributed by atoms with Crippen LogP contribution in [0.3, 0.4) is 0 Å². The molecule has 0 heterocycles. The predicted octanol–water partition coefficient (Wildman–Crippen LogP) is 2.03. The highest BCUT2D eigenvalue weighted by Crippen LogP contribution is 1.92. The zero-order valence-corrected chi connectivity index (χ0v) is 7.56. The predicted molar refractivity (Wildman–Crippen MR) is 42.9 cm³/mol. The molecule has 0 atom stereocenters. The minimum Gasteiger partial charge on any atom is -0.451 e. The fourth-order valence-electron chi connectivity index (χ4n) is 0.500. The summed E-state index contributed by atoms with van der Waals surface area (Å²) in [5.74, 6) is 0.502. The van der Waals surface area contributed by atoms with E-state index in [1.54, 1.807) is 0 Å². The molecule has 0 radical (unpaired) electrons. The van der Waals surface area contributed by atoms with Gasteiger partial charge in [0.1, 0.15) is 6.61 Å². The second-order valence-electron chi connectivity index (χ2n) is 2.55. The summed E-state index contributed by atoms with van der Waals surface area (Å²) in [7, 11) is 0. The van der Waals surface area contributed by atoms with E-state index in [-0.39, 0.29) is 6.61 Å². The lowest BCUT2D eigenvalue weighted by molar-refractivity contribution is 0.0681. The minimum absolute atomic E-state index is 0.231. The third-order valence-electron chi connectivity index (χ3n) is 0.894. The van der Waals surface area contributed by atoms with Crippen LogP contribution in [-0.2, 0) is 9.47 Å². The number of hydrogen-bond acceptors (Lipinski definition) is 3. The van der Waals surface area contributed by atoms with Crippen molar-refractivity contribution in [3.63, 3.8) is 0 Å². The van der Waals surface area contributed by atoms with E-state index >= 15 is 0 Å². The van der Waals surface area contributed by atoms with Crippen LogP contribution < -0.4 is 0 Å². The van der Waals surface area contributed by atoms with Crippen LogP contribution in [0.4, 0.5) is 4.79 Å². The van der Waals surface area contributed by atoms with Gasteiger partial charge in [-0.1, -0.05) is 13.8 Å². The van der Waals surface area contributed by atoms with E-state index in [4.69, 9.17) is 16.3 Å². The molecule has 0 aromatic rings. The van der Waals surface area contributed by atoms with Crippen molar-refractivity contribution in [3.8, 4) is 0 Å². The van der Waals surface area contributed by atoms with Crippen LogP contribution in [0.2, 0.25) is 0 Å². The van der Waals surface area contributed by atoms with Gasteiger partial charge >= 0.3 is 5.43 Å². The first-order valence-corrected chi connectivity index (χ1v) is 3.90. The van der Waals surface area contributed by atoms with Gasteiger partial charge < -0.3 is 9.47 Å². The Morgan fingerprint density at radius 2 is 2.09 bits per heavy atom. The van der Waals surface area contributed by atoms with Gasteiger partial charge in [-0.25, -0.2) is 4.79 Å². The molecule has 0 aromatic carbocycles. The number of hydrogen-bond donors (Lipinski definition) is 0. The van der Waals surface area contributed by atoms with Gasteiger partial charge in [0.2, 0.25) is 0 Å². The summed E-state index contributed by atoms with van der Waals surface area (Å²) in [5, 5.41) is 0. The van der Waals surface area contributed by atoms with E-state index in [0.29, 0.717) is 19.1 Å². The van der Waals surface area contributed by atoms with Crippen molar-refractivity contribution in [2.24, 2.45) is 5.92 Å². The number of ether oxygens (including phenoxy) is 2. The lowest BCUT2D eigenvalue weighted by Gasteiger charge is -2.05. The molecule has 3 nitrogen and oxygen atoms in total. The molecular formula is C7H13ClO3. The second kappa shape index (κ2) is 6.43. The van der Waals surface area contributed by atoms with Crippen LogP contribution in [0.25, 0.3) is 0 Å². The normalized spacial score (nSPS) is 10.2. The van der Waals surface area contributed by atoms with Crippen LogP contribution in [0.5, 0.6) is 0 Å². The van der Waals surface area contributed by atoms with E-state index < -0.39 is 5.43 Å². The molecule has 0 spiro atoms. The fourth-order valence-corrected chi connectivity index (χ4v) is 0.577. The Bertz CT molecular complexity index is 114. The van der Waals surface area contributed by atoms with Crippen LogP contribution in [0, 0.1) is 5.92 Å². The van der Waals surface area contributed by atoms with E-state index in [0.717, 1.165) is 0 Å². The molecule has 66 valence electrons. The standard InChI is InChI=1S/C7H13ClO3/c1-6(2)5-10-3-4-11-7(8)9/h6H,3-5H2,1-2H3. The van der Waals surface area contributed by atoms with Gasteiger partial charge in [0.25, 0.3) is 0 Å². The number of carbonyl (C=O) groups is 1. The van der Waals surface area contributed by atoms with Gasteiger partial charge in [-0.2, -0.15) is 0 Å². The van der Waals surface area contributed by atoms with Crippen LogP contribution in [-0.4, -0.2) is 25.2 Å². The van der Waals surface area contributed by atoms with Crippen molar-refractivity contribution in [3.05, 3.63) is 0 Å². The smallest absolute Gasteiger partial charge is 0.403 e. The summed E-state index contributed by atoms with van der Waals surface area (Å²) >= 11 is 4.90. The molecule has 0 unspecified atom stereocenters. The summed E-state index contributed by atoms with van der Waals surface area (Å²) in [4.78, 5) is 10.0. The minimum atomic E-state index is -0.779. The van der Waals surface area contributed by atoms with Gasteiger partial charge in [0.05, 0.1) is 6.61 Å². The van der Waals surface area contributed by atoms with E-state index in [1.165, 1.54) is 0 Å². The Hall–Kier alpha value is -0.280. The topological polar surface area (TPSA) is 35.5 Å². The van der Waals surface area contributed by atoms with Gasteiger partial charge in [-0.3, -0.25) is 0 Å². The lowest BCUT2D eigenvalue weighted by atomic mass is 10.2. The zero-order chi connectivity index (χ0) is 8.69. The molecule has 0 aliphatic rings. The first kappa shape index (κ1) is 10.7. The highest BCUT2D eigenvalue weighted by atomic mass is 35.5. The molecule has 0 rings (SSSR count). The number of rotatable bonds is 5.